The molecule has 0 atom stereocenters. The van der Waals surface area contributed by atoms with Gasteiger partial charge in [0.15, 0.2) is 0 Å². The molecule has 4 nitrogen and oxygen atoms in total. The second kappa shape index (κ2) is 7.59. The molecule has 1 aliphatic carbocycles. The number of carbonyl (C=O) groups is 1. The molecule has 0 saturated heterocycles. The third-order valence-corrected chi connectivity index (χ3v) is 5.13. The van der Waals surface area contributed by atoms with E-state index in [0.29, 0.717) is 6.54 Å². The molecule has 136 valence electrons. The topological polar surface area (TPSA) is 45.5 Å². The normalized spacial score (nSPS) is 14.2. The average Bonchev–Trinajstić information content (AvgIpc) is 3.36. The standard InChI is InChI=1S/C23H22N2O2/c1-2-17-11-13-19(14-12-17)24-23(26)25(20-8-4-5-9-20)16-21-15-18-7-3-6-10-22(18)27-21/h1,3,6-7,10-15,20H,4-5,8-9,16H2,(H,24,26). The summed E-state index contributed by atoms with van der Waals surface area (Å²) < 4.78 is 5.94. The van der Waals surface area contributed by atoms with Crippen LogP contribution in [0, 0.1) is 12.3 Å². The summed E-state index contributed by atoms with van der Waals surface area (Å²) in [5, 5.41) is 4.06. The molecular weight excluding hydrogens is 336 g/mol. The number of terminal acetylenes is 1. The number of fused-ring (bicyclic) bond motifs is 1. The summed E-state index contributed by atoms with van der Waals surface area (Å²) in [7, 11) is 0. The molecule has 4 heteroatoms. The maximum atomic E-state index is 13.0. The van der Waals surface area contributed by atoms with Crippen molar-refractivity contribution in [1.29, 1.82) is 0 Å². The van der Waals surface area contributed by atoms with Crippen molar-refractivity contribution in [2.24, 2.45) is 0 Å². The van der Waals surface area contributed by atoms with E-state index in [2.05, 4.69) is 11.2 Å². The van der Waals surface area contributed by atoms with Gasteiger partial charge in [-0.2, -0.15) is 0 Å². The smallest absolute Gasteiger partial charge is 0.322 e. The zero-order chi connectivity index (χ0) is 18.6. The number of hydrogen-bond donors (Lipinski definition) is 1. The van der Waals surface area contributed by atoms with Crippen LogP contribution in [0.4, 0.5) is 10.5 Å². The SMILES string of the molecule is C#Cc1ccc(NC(=O)N(Cc2cc3ccccc3o2)C2CCCC2)cc1. The highest BCUT2D eigenvalue weighted by atomic mass is 16.3. The van der Waals surface area contributed by atoms with Gasteiger partial charge in [-0.25, -0.2) is 4.79 Å². The minimum Gasteiger partial charge on any atom is -0.459 e. The van der Waals surface area contributed by atoms with Gasteiger partial charge >= 0.3 is 6.03 Å². The first-order valence-corrected chi connectivity index (χ1v) is 9.35. The van der Waals surface area contributed by atoms with Crippen molar-refractivity contribution in [3.8, 4) is 12.3 Å². The number of nitrogens with one attached hydrogen (secondary N) is 1. The van der Waals surface area contributed by atoms with Gasteiger partial charge in [-0.3, -0.25) is 0 Å². The summed E-state index contributed by atoms with van der Waals surface area (Å²) in [5.74, 6) is 3.39. The van der Waals surface area contributed by atoms with E-state index in [1.165, 1.54) is 0 Å². The Hall–Kier alpha value is -3.19. The molecule has 1 N–H and O–H groups in total. The van der Waals surface area contributed by atoms with Crippen LogP contribution >= 0.6 is 0 Å². The Kier molecular flexibility index (Phi) is 4.84. The molecule has 1 heterocycles. The van der Waals surface area contributed by atoms with Crippen LogP contribution in [-0.2, 0) is 6.54 Å². The Balaban J connectivity index is 1.54. The Morgan fingerprint density at radius 2 is 1.89 bits per heavy atom. The Labute approximate surface area is 159 Å². The maximum Gasteiger partial charge on any atom is 0.322 e. The van der Waals surface area contributed by atoms with Gasteiger partial charge in [-0.1, -0.05) is 37.0 Å². The van der Waals surface area contributed by atoms with Crippen LogP contribution < -0.4 is 5.32 Å². The van der Waals surface area contributed by atoms with Crippen molar-refractivity contribution >= 4 is 22.7 Å². The Morgan fingerprint density at radius 3 is 2.59 bits per heavy atom. The lowest BCUT2D eigenvalue weighted by molar-refractivity contribution is 0.179. The number of furan rings is 1. The van der Waals surface area contributed by atoms with Crippen LogP contribution in [-0.4, -0.2) is 17.0 Å². The van der Waals surface area contributed by atoms with Crippen molar-refractivity contribution in [3.63, 3.8) is 0 Å². The van der Waals surface area contributed by atoms with Crippen LogP contribution in [0.2, 0.25) is 0 Å². The molecule has 0 unspecified atom stereocenters. The first kappa shape index (κ1) is 17.2. The number of nitrogens with zero attached hydrogens (tertiary/aromatic N) is 1. The molecule has 2 aromatic carbocycles. The molecular formula is C23H22N2O2. The molecule has 0 bridgehead atoms. The summed E-state index contributed by atoms with van der Waals surface area (Å²) in [4.78, 5) is 14.9. The fraction of sp³-hybridized carbons (Fsp3) is 0.261. The maximum absolute atomic E-state index is 13.0. The van der Waals surface area contributed by atoms with E-state index in [4.69, 9.17) is 10.8 Å². The van der Waals surface area contributed by atoms with E-state index >= 15 is 0 Å². The third kappa shape index (κ3) is 3.83. The van der Waals surface area contributed by atoms with Gasteiger partial charge in [-0.15, -0.1) is 6.42 Å². The Bertz CT molecular complexity index is 943. The summed E-state index contributed by atoms with van der Waals surface area (Å²) in [5.41, 5.74) is 2.39. The number of benzene rings is 2. The third-order valence-electron chi connectivity index (χ3n) is 5.13. The predicted octanol–water partition coefficient (Wildman–Crippen LogP) is 5.39. The van der Waals surface area contributed by atoms with Crippen LogP contribution in [0.1, 0.15) is 37.0 Å². The van der Waals surface area contributed by atoms with Crippen molar-refractivity contribution in [1.82, 2.24) is 4.90 Å². The number of para-hydroxylation sites is 1. The zero-order valence-electron chi connectivity index (χ0n) is 15.2. The number of anilines is 1. The minimum atomic E-state index is -0.101. The summed E-state index contributed by atoms with van der Waals surface area (Å²) in [6.45, 7) is 0.466. The summed E-state index contributed by atoms with van der Waals surface area (Å²) >= 11 is 0. The monoisotopic (exact) mass is 358 g/mol. The van der Waals surface area contributed by atoms with Crippen molar-refractivity contribution in [2.75, 3.05) is 5.32 Å². The van der Waals surface area contributed by atoms with Crippen LogP contribution in [0.5, 0.6) is 0 Å². The first-order chi connectivity index (χ1) is 13.2. The second-order valence-corrected chi connectivity index (χ2v) is 6.97. The largest absolute Gasteiger partial charge is 0.459 e. The van der Waals surface area contributed by atoms with Gasteiger partial charge in [0.25, 0.3) is 0 Å². The summed E-state index contributed by atoms with van der Waals surface area (Å²) in [6.07, 6.45) is 9.77. The molecule has 0 aliphatic heterocycles. The number of rotatable bonds is 4. The van der Waals surface area contributed by atoms with Gasteiger partial charge in [0, 0.05) is 22.7 Å². The second-order valence-electron chi connectivity index (χ2n) is 6.97. The lowest BCUT2D eigenvalue weighted by atomic mass is 10.2. The number of hydrogen-bond acceptors (Lipinski definition) is 2. The summed E-state index contributed by atoms with van der Waals surface area (Å²) in [6, 6.07) is 17.4. The van der Waals surface area contributed by atoms with E-state index < -0.39 is 0 Å². The molecule has 0 spiro atoms. The highest BCUT2D eigenvalue weighted by Gasteiger charge is 2.28. The van der Waals surface area contributed by atoms with Crippen molar-refractivity contribution in [2.45, 2.75) is 38.3 Å². The fourth-order valence-electron chi connectivity index (χ4n) is 3.71. The van der Waals surface area contributed by atoms with Crippen LogP contribution in [0.15, 0.2) is 59.0 Å². The van der Waals surface area contributed by atoms with Gasteiger partial charge in [0.2, 0.25) is 0 Å². The zero-order valence-corrected chi connectivity index (χ0v) is 15.2. The van der Waals surface area contributed by atoms with Crippen LogP contribution in [0.3, 0.4) is 0 Å². The van der Waals surface area contributed by atoms with Gasteiger partial charge in [0.05, 0.1) is 6.54 Å². The van der Waals surface area contributed by atoms with E-state index in [1.54, 1.807) is 0 Å². The van der Waals surface area contributed by atoms with E-state index in [0.717, 1.165) is 53.7 Å². The number of urea groups is 1. The molecule has 1 saturated carbocycles. The molecule has 1 aliphatic rings. The molecule has 2 amide bonds. The Morgan fingerprint density at radius 1 is 1.15 bits per heavy atom. The van der Waals surface area contributed by atoms with E-state index in [9.17, 15) is 4.79 Å². The number of carbonyl (C=O) groups excluding carboxylic acids is 1. The quantitative estimate of drug-likeness (QED) is 0.636. The van der Waals surface area contributed by atoms with Crippen LogP contribution in [0.25, 0.3) is 11.0 Å². The first-order valence-electron chi connectivity index (χ1n) is 9.35. The van der Waals surface area contributed by atoms with E-state index in [-0.39, 0.29) is 12.1 Å². The van der Waals surface area contributed by atoms with Gasteiger partial charge in [-0.05, 0) is 49.2 Å². The predicted molar refractivity (Wildman–Crippen MR) is 107 cm³/mol. The number of amides is 2. The molecule has 0 radical (unpaired) electrons. The average molecular weight is 358 g/mol. The van der Waals surface area contributed by atoms with Gasteiger partial charge < -0.3 is 14.6 Å². The fourth-order valence-corrected chi connectivity index (χ4v) is 3.71. The molecule has 1 fully saturated rings. The van der Waals surface area contributed by atoms with Crippen molar-refractivity contribution in [3.05, 3.63) is 65.9 Å². The van der Waals surface area contributed by atoms with E-state index in [1.807, 2.05) is 59.5 Å². The lowest BCUT2D eigenvalue weighted by Gasteiger charge is -2.28. The molecule has 1 aromatic heterocycles. The van der Waals surface area contributed by atoms with Gasteiger partial charge in [0.1, 0.15) is 11.3 Å². The minimum absolute atomic E-state index is 0.101. The lowest BCUT2D eigenvalue weighted by Crippen LogP contribution is -2.41. The highest BCUT2D eigenvalue weighted by molar-refractivity contribution is 5.89. The highest BCUT2D eigenvalue weighted by Crippen LogP contribution is 2.27. The van der Waals surface area contributed by atoms with Crippen molar-refractivity contribution < 1.29 is 9.21 Å². The molecule has 4 rings (SSSR count). The molecule has 27 heavy (non-hydrogen) atoms. The molecule has 3 aromatic rings.